The van der Waals surface area contributed by atoms with Crippen molar-refractivity contribution in [2.45, 2.75) is 6.42 Å². The molecule has 0 aliphatic rings. The first kappa shape index (κ1) is 23.1. The number of carbonyl (C=O) groups excluding carboxylic acids is 1. The smallest absolute Gasteiger partial charge is 0.256 e. The number of hydrogen-bond acceptors (Lipinski definition) is 3. The molecule has 5 aromatic rings. The Morgan fingerprint density at radius 2 is 1.33 bits per heavy atom. The van der Waals surface area contributed by atoms with E-state index in [0.717, 1.165) is 52.3 Å². The van der Waals surface area contributed by atoms with E-state index in [2.05, 4.69) is 39.9 Å². The van der Waals surface area contributed by atoms with Crippen LogP contribution in [-0.4, -0.2) is 17.4 Å². The molecule has 1 amide bonds. The van der Waals surface area contributed by atoms with Gasteiger partial charge in [-0.15, -0.1) is 0 Å². The Bertz CT molecular complexity index is 1430. The summed E-state index contributed by atoms with van der Waals surface area (Å²) in [6.07, 6.45) is 2.66. The molecule has 1 aromatic heterocycles. The molecule has 0 spiro atoms. The first-order valence-electron chi connectivity index (χ1n) is 12.1. The molecule has 0 bridgehead atoms. The summed E-state index contributed by atoms with van der Waals surface area (Å²) in [7, 11) is 0. The fourth-order valence-electron chi connectivity index (χ4n) is 4.18. The van der Waals surface area contributed by atoms with Gasteiger partial charge in [-0.1, -0.05) is 72.8 Å². The Morgan fingerprint density at radius 3 is 2.14 bits per heavy atom. The number of hydrogen-bond donors (Lipinski definition) is 2. The van der Waals surface area contributed by atoms with E-state index < -0.39 is 0 Å². The largest absolute Gasteiger partial charge is 0.385 e. The lowest BCUT2D eigenvalue weighted by Gasteiger charge is -2.12. The minimum absolute atomic E-state index is 0.133. The molecule has 2 N–H and O–H groups in total. The predicted molar refractivity (Wildman–Crippen MR) is 148 cm³/mol. The van der Waals surface area contributed by atoms with Crippen LogP contribution in [0.1, 0.15) is 16.1 Å². The molecule has 176 valence electrons. The van der Waals surface area contributed by atoms with Gasteiger partial charge in [-0.25, -0.2) is 0 Å². The van der Waals surface area contributed by atoms with Gasteiger partial charge in [0.15, 0.2) is 0 Å². The van der Waals surface area contributed by atoms with Gasteiger partial charge in [-0.2, -0.15) is 0 Å². The number of benzene rings is 4. The number of anilines is 2. The summed E-state index contributed by atoms with van der Waals surface area (Å²) >= 11 is 0. The highest BCUT2D eigenvalue weighted by molar-refractivity contribution is 6.08. The maximum absolute atomic E-state index is 13.2. The molecule has 4 aromatic carbocycles. The highest BCUT2D eigenvalue weighted by atomic mass is 16.1. The molecule has 0 radical (unpaired) electrons. The van der Waals surface area contributed by atoms with Crippen molar-refractivity contribution in [3.63, 3.8) is 0 Å². The van der Waals surface area contributed by atoms with Gasteiger partial charge in [-0.3, -0.25) is 9.78 Å². The summed E-state index contributed by atoms with van der Waals surface area (Å²) in [4.78, 5) is 17.6. The number of pyridine rings is 1. The van der Waals surface area contributed by atoms with Crippen LogP contribution in [0, 0.1) is 0 Å². The fourth-order valence-corrected chi connectivity index (χ4v) is 4.18. The summed E-state index contributed by atoms with van der Waals surface area (Å²) in [5.74, 6) is -0.133. The van der Waals surface area contributed by atoms with Crippen LogP contribution in [0.4, 0.5) is 11.4 Å². The molecule has 0 saturated heterocycles. The molecule has 5 rings (SSSR count). The van der Waals surface area contributed by atoms with Gasteiger partial charge in [0.25, 0.3) is 5.91 Å². The summed E-state index contributed by atoms with van der Waals surface area (Å²) in [6, 6.07) is 40.0. The lowest BCUT2D eigenvalue weighted by Crippen LogP contribution is -2.13. The van der Waals surface area contributed by atoms with Gasteiger partial charge >= 0.3 is 0 Å². The highest BCUT2D eigenvalue weighted by Crippen LogP contribution is 2.29. The van der Waals surface area contributed by atoms with Crippen LogP contribution in [0.5, 0.6) is 0 Å². The first-order chi connectivity index (χ1) is 17.8. The Balaban J connectivity index is 1.27. The van der Waals surface area contributed by atoms with Gasteiger partial charge < -0.3 is 10.6 Å². The number of nitrogens with one attached hydrogen (secondary N) is 2. The third-order valence-electron chi connectivity index (χ3n) is 6.03. The van der Waals surface area contributed by atoms with E-state index in [-0.39, 0.29) is 5.91 Å². The molecule has 0 aliphatic carbocycles. The van der Waals surface area contributed by atoms with Gasteiger partial charge in [0.05, 0.1) is 0 Å². The average Bonchev–Trinajstić information content (AvgIpc) is 2.95. The second-order valence-electron chi connectivity index (χ2n) is 8.52. The Labute approximate surface area is 211 Å². The van der Waals surface area contributed by atoms with Crippen molar-refractivity contribution >= 4 is 17.3 Å². The summed E-state index contributed by atoms with van der Waals surface area (Å²) in [5.41, 5.74) is 7.63. The van der Waals surface area contributed by atoms with Gasteiger partial charge in [0.1, 0.15) is 0 Å². The summed E-state index contributed by atoms with van der Waals surface area (Å²) < 4.78 is 0. The van der Waals surface area contributed by atoms with Crippen LogP contribution < -0.4 is 10.6 Å². The third-order valence-corrected chi connectivity index (χ3v) is 6.03. The molecule has 0 atom stereocenters. The quantitative estimate of drug-likeness (QED) is 0.250. The maximum Gasteiger partial charge on any atom is 0.256 e. The minimum Gasteiger partial charge on any atom is -0.385 e. The lowest BCUT2D eigenvalue weighted by atomic mass is 9.95. The third kappa shape index (κ3) is 5.68. The van der Waals surface area contributed by atoms with Crippen molar-refractivity contribution in [3.8, 4) is 22.3 Å². The summed E-state index contributed by atoms with van der Waals surface area (Å²) in [5, 5.41) is 6.45. The van der Waals surface area contributed by atoms with Crippen LogP contribution in [0.25, 0.3) is 22.3 Å². The molecular formula is C32H27N3O. The molecule has 0 unspecified atom stereocenters. The molecule has 4 heteroatoms. The molecule has 4 nitrogen and oxygen atoms in total. The molecule has 1 heterocycles. The molecule has 0 aliphatic heterocycles. The molecule has 0 fully saturated rings. The predicted octanol–water partition coefficient (Wildman–Crippen LogP) is 7.32. The zero-order valence-electron chi connectivity index (χ0n) is 19.9. The number of carbonyl (C=O) groups is 1. The zero-order valence-corrected chi connectivity index (χ0v) is 19.9. The van der Waals surface area contributed by atoms with Crippen LogP contribution >= 0.6 is 0 Å². The van der Waals surface area contributed by atoms with E-state index in [4.69, 9.17) is 0 Å². The van der Waals surface area contributed by atoms with Crippen molar-refractivity contribution in [2.75, 3.05) is 17.2 Å². The Morgan fingerprint density at radius 1 is 0.639 bits per heavy atom. The number of rotatable bonds is 8. The fraction of sp³-hybridized carbons (Fsp3) is 0.0625. The van der Waals surface area contributed by atoms with Gasteiger partial charge in [0.2, 0.25) is 0 Å². The SMILES string of the molecule is O=C(Nc1ccc(NCCc2ccccn2)cc1)c1ccccc1-c1cccc(-c2ccccc2)c1. The van der Waals surface area contributed by atoms with Crippen molar-refractivity contribution in [3.05, 3.63) is 139 Å². The normalized spacial score (nSPS) is 10.6. The molecule has 36 heavy (non-hydrogen) atoms. The number of aromatic nitrogens is 1. The van der Waals surface area contributed by atoms with Crippen LogP contribution in [0.15, 0.2) is 128 Å². The molecular weight excluding hydrogens is 442 g/mol. The van der Waals surface area contributed by atoms with Crippen molar-refractivity contribution < 1.29 is 4.79 Å². The van der Waals surface area contributed by atoms with Crippen molar-refractivity contribution in [1.82, 2.24) is 4.98 Å². The highest BCUT2D eigenvalue weighted by Gasteiger charge is 2.13. The first-order valence-corrected chi connectivity index (χ1v) is 12.1. The van der Waals surface area contributed by atoms with Gasteiger partial charge in [0, 0.05) is 41.8 Å². The standard InChI is InChI=1S/C32H27N3O/c36-32(35-29-18-16-28(17-19-29)34-22-20-27-13-6-7-21-33-27)31-15-5-4-14-30(31)26-12-8-11-25(23-26)24-9-2-1-3-10-24/h1-19,21,23,34H,20,22H2,(H,35,36). The average molecular weight is 470 g/mol. The van der Waals surface area contributed by atoms with Crippen molar-refractivity contribution in [1.29, 1.82) is 0 Å². The van der Waals surface area contributed by atoms with Gasteiger partial charge in [-0.05, 0) is 70.8 Å². The summed E-state index contributed by atoms with van der Waals surface area (Å²) in [6.45, 7) is 0.790. The number of nitrogens with zero attached hydrogens (tertiary/aromatic N) is 1. The van der Waals surface area contributed by atoms with E-state index in [1.807, 2.05) is 103 Å². The van der Waals surface area contributed by atoms with E-state index in [0.29, 0.717) is 5.56 Å². The Hall–Kier alpha value is -4.70. The second-order valence-corrected chi connectivity index (χ2v) is 8.52. The zero-order chi connectivity index (χ0) is 24.6. The second kappa shape index (κ2) is 11.2. The Kier molecular flexibility index (Phi) is 7.14. The topological polar surface area (TPSA) is 54.0 Å². The minimum atomic E-state index is -0.133. The van der Waals surface area contributed by atoms with Crippen LogP contribution in [0.3, 0.4) is 0 Å². The van der Waals surface area contributed by atoms with E-state index in [1.165, 1.54) is 0 Å². The molecule has 0 saturated carbocycles. The van der Waals surface area contributed by atoms with Crippen LogP contribution in [0.2, 0.25) is 0 Å². The van der Waals surface area contributed by atoms with Crippen LogP contribution in [-0.2, 0) is 6.42 Å². The maximum atomic E-state index is 13.2. The van der Waals surface area contributed by atoms with Crippen molar-refractivity contribution in [2.24, 2.45) is 0 Å². The van der Waals surface area contributed by atoms with E-state index in [1.54, 1.807) is 0 Å². The van der Waals surface area contributed by atoms with E-state index >= 15 is 0 Å². The lowest BCUT2D eigenvalue weighted by molar-refractivity contribution is 0.102. The van der Waals surface area contributed by atoms with E-state index in [9.17, 15) is 4.79 Å². The monoisotopic (exact) mass is 469 g/mol. The number of amides is 1.